The molecule has 2 rings (SSSR count). The number of carbonyl (C=O) groups is 1. The smallest absolute Gasteiger partial charge is 0.257 e. The van der Waals surface area contributed by atoms with Crippen LogP contribution in [-0.2, 0) is 0 Å². The Balaban J connectivity index is 2.27. The Hall–Kier alpha value is -1.29. The van der Waals surface area contributed by atoms with Crippen LogP contribution < -0.4 is 5.73 Å². The summed E-state index contributed by atoms with van der Waals surface area (Å²) in [5, 5.41) is 0. The highest BCUT2D eigenvalue weighted by Crippen LogP contribution is 2.23. The second-order valence-electron chi connectivity index (χ2n) is 4.51. The largest absolute Gasteiger partial charge is 0.466 e. The average molecular weight is 222 g/mol. The number of rotatable bonds is 1. The van der Waals surface area contributed by atoms with Gasteiger partial charge in [0.05, 0.1) is 5.56 Å². The molecular weight excluding hydrogens is 204 g/mol. The van der Waals surface area contributed by atoms with Crippen molar-refractivity contribution in [3.63, 3.8) is 0 Å². The standard InChI is InChI=1S/C12H18N2O2/c1-7-8(2)16-9(3)11(7)12(15)14-5-4-10(13)6-14/h10H,4-6,13H2,1-3H3/t10-/m0/s1. The van der Waals surface area contributed by atoms with E-state index in [9.17, 15) is 4.79 Å². The molecule has 1 aliphatic heterocycles. The molecule has 0 radical (unpaired) electrons. The number of amides is 1. The van der Waals surface area contributed by atoms with E-state index in [-0.39, 0.29) is 11.9 Å². The Morgan fingerprint density at radius 3 is 2.50 bits per heavy atom. The lowest BCUT2D eigenvalue weighted by Crippen LogP contribution is -2.32. The summed E-state index contributed by atoms with van der Waals surface area (Å²) < 4.78 is 5.47. The van der Waals surface area contributed by atoms with Crippen molar-refractivity contribution in [2.45, 2.75) is 33.2 Å². The summed E-state index contributed by atoms with van der Waals surface area (Å²) in [7, 11) is 0. The van der Waals surface area contributed by atoms with Gasteiger partial charge in [-0.15, -0.1) is 0 Å². The van der Waals surface area contributed by atoms with Crippen molar-refractivity contribution < 1.29 is 9.21 Å². The van der Waals surface area contributed by atoms with Crippen molar-refractivity contribution in [3.8, 4) is 0 Å². The number of carbonyl (C=O) groups excluding carboxylic acids is 1. The average Bonchev–Trinajstić information content (AvgIpc) is 2.73. The van der Waals surface area contributed by atoms with E-state index in [4.69, 9.17) is 10.2 Å². The molecule has 4 heteroatoms. The van der Waals surface area contributed by atoms with Gasteiger partial charge in [-0.3, -0.25) is 4.79 Å². The second kappa shape index (κ2) is 3.94. The minimum atomic E-state index is 0.0554. The van der Waals surface area contributed by atoms with Crippen LogP contribution in [0.4, 0.5) is 0 Å². The molecule has 4 nitrogen and oxygen atoms in total. The Bertz CT molecular complexity index is 423. The van der Waals surface area contributed by atoms with E-state index in [2.05, 4.69) is 0 Å². The van der Waals surface area contributed by atoms with Gasteiger partial charge in [-0.1, -0.05) is 0 Å². The van der Waals surface area contributed by atoms with Crippen LogP contribution in [0.25, 0.3) is 0 Å². The minimum Gasteiger partial charge on any atom is -0.466 e. The highest BCUT2D eigenvalue weighted by molar-refractivity contribution is 5.97. The molecule has 0 unspecified atom stereocenters. The van der Waals surface area contributed by atoms with Crippen molar-refractivity contribution in [2.24, 2.45) is 5.73 Å². The molecule has 1 aliphatic rings. The highest BCUT2D eigenvalue weighted by Gasteiger charge is 2.28. The third-order valence-corrected chi connectivity index (χ3v) is 3.29. The van der Waals surface area contributed by atoms with Gasteiger partial charge in [0.1, 0.15) is 11.5 Å². The number of nitrogens with two attached hydrogens (primary N) is 1. The van der Waals surface area contributed by atoms with E-state index >= 15 is 0 Å². The predicted molar refractivity (Wildman–Crippen MR) is 61.4 cm³/mol. The van der Waals surface area contributed by atoms with E-state index in [1.54, 1.807) is 0 Å². The zero-order chi connectivity index (χ0) is 11.9. The molecule has 1 fully saturated rings. The first-order chi connectivity index (χ1) is 7.50. The van der Waals surface area contributed by atoms with Crippen molar-refractivity contribution in [1.82, 2.24) is 4.90 Å². The molecule has 1 aromatic rings. The Morgan fingerprint density at radius 1 is 1.38 bits per heavy atom. The van der Waals surface area contributed by atoms with E-state index in [1.807, 2.05) is 25.7 Å². The molecule has 2 heterocycles. The molecule has 0 saturated carbocycles. The monoisotopic (exact) mass is 222 g/mol. The Kier molecular flexibility index (Phi) is 2.76. The number of aryl methyl sites for hydroxylation is 2. The fourth-order valence-electron chi connectivity index (χ4n) is 2.24. The maximum absolute atomic E-state index is 12.3. The van der Waals surface area contributed by atoms with Crippen LogP contribution in [0, 0.1) is 20.8 Å². The maximum Gasteiger partial charge on any atom is 0.257 e. The van der Waals surface area contributed by atoms with Crippen LogP contribution in [0.3, 0.4) is 0 Å². The lowest BCUT2D eigenvalue weighted by atomic mass is 10.1. The summed E-state index contributed by atoms with van der Waals surface area (Å²) in [6.45, 7) is 7.05. The Morgan fingerprint density at radius 2 is 2.06 bits per heavy atom. The van der Waals surface area contributed by atoms with Crippen LogP contribution in [-0.4, -0.2) is 29.9 Å². The Labute approximate surface area is 95.4 Å². The van der Waals surface area contributed by atoms with Gasteiger partial charge >= 0.3 is 0 Å². The van der Waals surface area contributed by atoms with Gasteiger partial charge in [0, 0.05) is 24.7 Å². The molecule has 0 bridgehead atoms. The number of furan rings is 1. The topological polar surface area (TPSA) is 59.5 Å². The van der Waals surface area contributed by atoms with Gasteiger partial charge in [0.2, 0.25) is 0 Å². The van der Waals surface area contributed by atoms with Gasteiger partial charge in [0.25, 0.3) is 5.91 Å². The van der Waals surface area contributed by atoms with E-state index in [1.165, 1.54) is 0 Å². The summed E-state index contributed by atoms with van der Waals surface area (Å²) in [5.41, 5.74) is 7.47. The zero-order valence-electron chi connectivity index (χ0n) is 10.0. The number of nitrogens with zero attached hydrogens (tertiary/aromatic N) is 1. The molecular formula is C12H18N2O2. The van der Waals surface area contributed by atoms with Crippen molar-refractivity contribution in [2.75, 3.05) is 13.1 Å². The molecule has 1 saturated heterocycles. The first-order valence-corrected chi connectivity index (χ1v) is 5.62. The molecule has 88 valence electrons. The van der Waals surface area contributed by atoms with Crippen LogP contribution in [0.5, 0.6) is 0 Å². The molecule has 16 heavy (non-hydrogen) atoms. The van der Waals surface area contributed by atoms with E-state index in [0.29, 0.717) is 17.9 Å². The van der Waals surface area contributed by atoms with Crippen molar-refractivity contribution >= 4 is 5.91 Å². The zero-order valence-corrected chi connectivity index (χ0v) is 10.0. The van der Waals surface area contributed by atoms with Crippen LogP contribution in [0.1, 0.15) is 33.9 Å². The van der Waals surface area contributed by atoms with Gasteiger partial charge in [-0.05, 0) is 27.2 Å². The minimum absolute atomic E-state index is 0.0554. The summed E-state index contributed by atoms with van der Waals surface area (Å²) >= 11 is 0. The number of likely N-dealkylation sites (tertiary alicyclic amines) is 1. The van der Waals surface area contributed by atoms with Crippen molar-refractivity contribution in [1.29, 1.82) is 0 Å². The number of hydrogen-bond donors (Lipinski definition) is 1. The van der Waals surface area contributed by atoms with E-state index < -0.39 is 0 Å². The van der Waals surface area contributed by atoms with Gasteiger partial charge in [0.15, 0.2) is 0 Å². The summed E-state index contributed by atoms with van der Waals surface area (Å²) in [4.78, 5) is 14.1. The summed E-state index contributed by atoms with van der Waals surface area (Å²) in [6, 6.07) is 0.123. The molecule has 1 amide bonds. The summed E-state index contributed by atoms with van der Waals surface area (Å²) in [6.07, 6.45) is 0.890. The highest BCUT2D eigenvalue weighted by atomic mass is 16.3. The van der Waals surface area contributed by atoms with Gasteiger partial charge in [-0.2, -0.15) is 0 Å². The molecule has 1 aromatic heterocycles. The molecule has 2 N–H and O–H groups in total. The van der Waals surface area contributed by atoms with Gasteiger partial charge < -0.3 is 15.1 Å². The number of hydrogen-bond acceptors (Lipinski definition) is 3. The first kappa shape index (κ1) is 11.2. The lowest BCUT2D eigenvalue weighted by molar-refractivity contribution is 0.0788. The maximum atomic E-state index is 12.3. The molecule has 0 spiro atoms. The van der Waals surface area contributed by atoms with Crippen molar-refractivity contribution in [3.05, 3.63) is 22.6 Å². The second-order valence-corrected chi connectivity index (χ2v) is 4.51. The van der Waals surface area contributed by atoms with Gasteiger partial charge in [-0.25, -0.2) is 0 Å². The summed E-state index contributed by atoms with van der Waals surface area (Å²) in [5.74, 6) is 1.59. The third-order valence-electron chi connectivity index (χ3n) is 3.29. The molecule has 0 aromatic carbocycles. The first-order valence-electron chi connectivity index (χ1n) is 5.62. The fraction of sp³-hybridized carbons (Fsp3) is 0.583. The normalized spacial score (nSPS) is 20.5. The third kappa shape index (κ3) is 1.73. The van der Waals surface area contributed by atoms with E-state index in [0.717, 1.165) is 24.3 Å². The fourth-order valence-corrected chi connectivity index (χ4v) is 2.24. The molecule has 1 atom stereocenters. The predicted octanol–water partition coefficient (Wildman–Crippen LogP) is 1.38. The van der Waals surface area contributed by atoms with Crippen LogP contribution >= 0.6 is 0 Å². The SMILES string of the molecule is Cc1oc(C)c(C(=O)N2CC[C@H](N)C2)c1C. The lowest BCUT2D eigenvalue weighted by Gasteiger charge is -2.15. The quantitative estimate of drug-likeness (QED) is 0.781. The van der Waals surface area contributed by atoms with Crippen LogP contribution in [0.15, 0.2) is 4.42 Å². The molecule has 0 aliphatic carbocycles. The van der Waals surface area contributed by atoms with Crippen LogP contribution in [0.2, 0.25) is 0 Å².